The summed E-state index contributed by atoms with van der Waals surface area (Å²) in [5.74, 6) is -4.60. The third kappa shape index (κ3) is 46.0. The maximum Gasteiger partial charge on any atom is 0.326 e. The third-order valence-corrected chi connectivity index (χ3v) is 13.9. The fourth-order valence-electron chi connectivity index (χ4n) is 9.01. The third-order valence-electron chi connectivity index (χ3n) is 13.9. The van der Waals surface area contributed by atoms with Gasteiger partial charge < -0.3 is 83.2 Å². The average molecular weight is 1220 g/mol. The SMILES string of the molecule is CN[C@@H](CCCCNC(=O)COCCOCCNC(=O)COCCOCCNC(=O)CC[C@H](NC(=O)CCCCCCCCCCCCCCCCC(=O)O)C(=O)O)C(=O)CN[C@@H](CCCNC(=N)N)CC(=O)N[C@@H](Cc1ccc(C)cc1)C(N)=O. The number of primary amides is 1. The Morgan fingerprint density at radius 2 is 1.00 bits per heavy atom. The first-order valence-electron chi connectivity index (χ1n) is 30.9. The molecule has 15 N–H and O–H groups in total. The average Bonchev–Trinajstić information content (AvgIpc) is 3.68. The van der Waals surface area contributed by atoms with Gasteiger partial charge in [-0.25, -0.2) is 4.79 Å². The van der Waals surface area contributed by atoms with Crippen LogP contribution in [0.5, 0.6) is 0 Å². The van der Waals surface area contributed by atoms with Crippen molar-refractivity contribution in [2.24, 2.45) is 11.5 Å². The van der Waals surface area contributed by atoms with E-state index in [1.165, 1.54) is 38.5 Å². The van der Waals surface area contributed by atoms with Crippen molar-refractivity contribution in [1.29, 1.82) is 5.41 Å². The number of nitrogens with two attached hydrogens (primary N) is 2. The maximum atomic E-state index is 13.2. The molecule has 0 radical (unpaired) electrons. The van der Waals surface area contributed by atoms with Crippen molar-refractivity contribution in [3.05, 3.63) is 35.4 Å². The highest BCUT2D eigenvalue weighted by Gasteiger charge is 2.24. The zero-order valence-corrected chi connectivity index (χ0v) is 51.3. The number of aryl methyl sites for hydroxylation is 1. The van der Waals surface area contributed by atoms with Crippen LogP contribution < -0.4 is 54.0 Å². The van der Waals surface area contributed by atoms with E-state index in [4.69, 9.17) is 40.9 Å². The van der Waals surface area contributed by atoms with Crippen LogP contribution in [-0.2, 0) is 68.5 Å². The molecule has 6 amide bonds. The Kier molecular flexibility index (Phi) is 46.9. The highest BCUT2D eigenvalue weighted by Crippen LogP contribution is 2.15. The van der Waals surface area contributed by atoms with Crippen molar-refractivity contribution in [2.75, 3.05) is 92.6 Å². The molecule has 1 rings (SSSR count). The van der Waals surface area contributed by atoms with Crippen LogP contribution in [0.3, 0.4) is 0 Å². The first-order chi connectivity index (χ1) is 41.4. The Labute approximate surface area is 508 Å². The number of ketones is 1. The van der Waals surface area contributed by atoms with Crippen molar-refractivity contribution in [1.82, 2.24) is 42.5 Å². The normalized spacial score (nSPS) is 12.5. The minimum absolute atomic E-state index is 0.0112. The van der Waals surface area contributed by atoms with E-state index in [1.807, 2.05) is 31.2 Å². The standard InChI is InChI=1S/C60H105N11O15/c1-45-24-26-46(27-25-45)40-50(58(61)80)71-54(75)41-47(20-19-31-68-60(62)63)69-42-51(72)48(64-2)21-17-18-30-65-55(76)43-85-38-37-84-35-33-67-56(77)44-86-39-36-83-34-32-66-52(73)29-28-49(59(81)82)70-53(74)22-15-13-11-9-7-5-3-4-6-8-10-12-14-16-23-57(78)79/h24-27,47-50,64,69H,3-23,28-44H2,1-2H3,(H2,61,80)(H,65,76)(H,66,73)(H,67,77)(H,70,74)(H,71,75)(H,78,79)(H,81,82)(H4,62,63,68)/t47-,48-,49-,50-/m0/s1. The molecule has 0 unspecified atom stereocenters. The first-order valence-corrected chi connectivity index (χ1v) is 30.9. The Hall–Kier alpha value is -6.32. The molecule has 0 aliphatic carbocycles. The number of rotatable bonds is 58. The molecule has 26 nitrogen and oxygen atoms in total. The minimum Gasteiger partial charge on any atom is -0.481 e. The number of nitrogens with one attached hydrogen (secondary N) is 9. The molecule has 0 bridgehead atoms. The second-order valence-electron chi connectivity index (χ2n) is 21.5. The lowest BCUT2D eigenvalue weighted by molar-refractivity contribution is -0.142. The molecule has 0 aliphatic heterocycles. The molecule has 0 saturated carbocycles. The van der Waals surface area contributed by atoms with Crippen LogP contribution in [0, 0.1) is 12.3 Å². The van der Waals surface area contributed by atoms with Gasteiger partial charge in [-0.05, 0) is 70.9 Å². The fraction of sp³-hybridized carbons (Fsp3) is 0.733. The smallest absolute Gasteiger partial charge is 0.326 e. The molecule has 86 heavy (non-hydrogen) atoms. The van der Waals surface area contributed by atoms with E-state index in [1.54, 1.807) is 7.05 Å². The second-order valence-corrected chi connectivity index (χ2v) is 21.5. The molecule has 26 heteroatoms. The number of hydrogen-bond donors (Lipinski definition) is 13. The van der Waals surface area contributed by atoms with Gasteiger partial charge in [0.15, 0.2) is 11.7 Å². The summed E-state index contributed by atoms with van der Waals surface area (Å²) in [5, 5.41) is 48.0. The number of amides is 6. The molecule has 4 atom stereocenters. The summed E-state index contributed by atoms with van der Waals surface area (Å²) in [6.07, 6.45) is 18.3. The fourth-order valence-corrected chi connectivity index (χ4v) is 9.01. The highest BCUT2D eigenvalue weighted by molar-refractivity contribution is 5.88. The summed E-state index contributed by atoms with van der Waals surface area (Å²) in [4.78, 5) is 110. The number of carbonyl (C=O) groups is 9. The number of guanidine groups is 1. The number of aliphatic carboxylic acids is 2. The van der Waals surface area contributed by atoms with Crippen LogP contribution in [0.25, 0.3) is 0 Å². The summed E-state index contributed by atoms with van der Waals surface area (Å²) in [6, 6.07) is 4.64. The van der Waals surface area contributed by atoms with Gasteiger partial charge in [-0.3, -0.25) is 43.8 Å². The molecular weight excluding hydrogens is 1110 g/mol. The molecule has 0 saturated heterocycles. The number of carboxylic acids is 2. The molecule has 0 spiro atoms. The predicted molar refractivity (Wildman–Crippen MR) is 326 cm³/mol. The molecule has 0 aromatic heterocycles. The van der Waals surface area contributed by atoms with Gasteiger partial charge in [-0.1, -0.05) is 107 Å². The van der Waals surface area contributed by atoms with Crippen molar-refractivity contribution in [3.8, 4) is 0 Å². The van der Waals surface area contributed by atoms with E-state index in [0.29, 0.717) is 51.6 Å². The summed E-state index contributed by atoms with van der Waals surface area (Å²) in [6.45, 7) is 3.86. The quantitative estimate of drug-likeness (QED) is 0.0253. The van der Waals surface area contributed by atoms with Crippen LogP contribution in [0.1, 0.15) is 165 Å². The van der Waals surface area contributed by atoms with Gasteiger partial charge in [0.2, 0.25) is 35.4 Å². The zero-order chi connectivity index (χ0) is 63.4. The van der Waals surface area contributed by atoms with Crippen molar-refractivity contribution in [2.45, 2.75) is 192 Å². The lowest BCUT2D eigenvalue weighted by Gasteiger charge is -2.22. The molecule has 0 aliphatic rings. The van der Waals surface area contributed by atoms with Crippen LogP contribution in [0.4, 0.5) is 0 Å². The number of ether oxygens (including phenoxy) is 4. The minimum atomic E-state index is -1.20. The number of carbonyl (C=O) groups excluding carboxylic acids is 7. The lowest BCUT2D eigenvalue weighted by atomic mass is 10.0. The Morgan fingerprint density at radius 1 is 0.500 bits per heavy atom. The Balaban J connectivity index is 2.08. The predicted octanol–water partition coefficient (Wildman–Crippen LogP) is 2.54. The first kappa shape index (κ1) is 77.7. The topological polar surface area (TPSA) is 403 Å². The van der Waals surface area contributed by atoms with Crippen LogP contribution in [-0.4, -0.2) is 186 Å². The van der Waals surface area contributed by atoms with Gasteiger partial charge in [-0.15, -0.1) is 0 Å². The Bertz CT molecular complexity index is 2090. The zero-order valence-electron chi connectivity index (χ0n) is 51.3. The van der Waals surface area contributed by atoms with Gasteiger partial charge in [0.1, 0.15) is 25.3 Å². The number of Topliss-reactive ketones (excluding diaryl/α,β-unsaturated/α-hetero) is 1. The van der Waals surface area contributed by atoms with Gasteiger partial charge >= 0.3 is 11.9 Å². The number of likely N-dealkylation sites (N-methyl/N-ethyl adjacent to an activating group) is 1. The van der Waals surface area contributed by atoms with Crippen molar-refractivity contribution < 1.29 is 72.3 Å². The number of unbranched alkanes of at least 4 members (excludes halogenated alkanes) is 14. The van der Waals surface area contributed by atoms with E-state index in [-0.39, 0.29) is 146 Å². The summed E-state index contributed by atoms with van der Waals surface area (Å²) in [7, 11) is 1.69. The van der Waals surface area contributed by atoms with Crippen molar-refractivity contribution >= 4 is 59.1 Å². The molecule has 490 valence electrons. The summed E-state index contributed by atoms with van der Waals surface area (Å²) >= 11 is 0. The Morgan fingerprint density at radius 3 is 1.52 bits per heavy atom. The molecular formula is C60H105N11O15. The summed E-state index contributed by atoms with van der Waals surface area (Å²) < 4.78 is 21.6. The molecule has 0 heterocycles. The van der Waals surface area contributed by atoms with Crippen LogP contribution in [0.2, 0.25) is 0 Å². The van der Waals surface area contributed by atoms with E-state index in [2.05, 4.69) is 42.5 Å². The molecule has 1 aromatic rings. The van der Waals surface area contributed by atoms with Crippen molar-refractivity contribution in [3.63, 3.8) is 0 Å². The second kappa shape index (κ2) is 51.9. The number of hydrogen-bond acceptors (Lipinski definition) is 16. The van der Waals surface area contributed by atoms with E-state index < -0.39 is 47.9 Å². The van der Waals surface area contributed by atoms with Gasteiger partial charge in [0, 0.05) is 64.3 Å². The van der Waals surface area contributed by atoms with Gasteiger partial charge in [-0.2, -0.15) is 0 Å². The lowest BCUT2D eigenvalue weighted by Crippen LogP contribution is -2.48. The van der Waals surface area contributed by atoms with E-state index in [0.717, 1.165) is 56.1 Å². The van der Waals surface area contributed by atoms with E-state index >= 15 is 0 Å². The highest BCUT2D eigenvalue weighted by atomic mass is 16.5. The molecule has 1 aromatic carbocycles. The van der Waals surface area contributed by atoms with Crippen LogP contribution >= 0.6 is 0 Å². The number of benzene rings is 1. The van der Waals surface area contributed by atoms with E-state index in [9.17, 15) is 48.3 Å². The van der Waals surface area contributed by atoms with Crippen LogP contribution in [0.15, 0.2) is 24.3 Å². The largest absolute Gasteiger partial charge is 0.481 e. The molecule has 0 fully saturated rings. The van der Waals surface area contributed by atoms with Gasteiger partial charge in [0.05, 0.1) is 52.2 Å². The summed E-state index contributed by atoms with van der Waals surface area (Å²) in [5.41, 5.74) is 12.9. The maximum absolute atomic E-state index is 13.2. The number of carboxylic acid groups (broad SMARTS) is 2. The monoisotopic (exact) mass is 1220 g/mol. The van der Waals surface area contributed by atoms with Gasteiger partial charge in [0.25, 0.3) is 0 Å².